The highest BCUT2D eigenvalue weighted by Gasteiger charge is 2.27. The Morgan fingerprint density at radius 1 is 0.929 bits per heavy atom. The molecule has 1 fully saturated rings. The van der Waals surface area contributed by atoms with Crippen molar-refractivity contribution in [3.63, 3.8) is 0 Å². The number of amides is 1. The lowest BCUT2D eigenvalue weighted by atomic mass is 9.87. The van der Waals surface area contributed by atoms with E-state index in [0.29, 0.717) is 18.7 Å². The maximum absolute atomic E-state index is 13.0. The standard InChI is InChI=1S/C35H42N4O3/c1-5-38-31(37-39(34(38)42)23-25-11-19-29(20-12-25)35(2,3)4)8-6-7-24-9-13-26(14-10-24)27-15-17-28(18-16-27)32(40)33(41)36-30-21-22-30/h9-20,30,32,40H,5-8,21-23H2,1-4H3,(H,36,41). The topological polar surface area (TPSA) is 89.2 Å². The lowest BCUT2D eigenvalue weighted by molar-refractivity contribution is -0.129. The molecule has 1 aliphatic carbocycles. The molecule has 1 saturated carbocycles. The van der Waals surface area contributed by atoms with Crippen molar-refractivity contribution < 1.29 is 9.90 Å². The van der Waals surface area contributed by atoms with Crippen LogP contribution in [-0.2, 0) is 36.1 Å². The Kier molecular flexibility index (Phi) is 8.78. The summed E-state index contributed by atoms with van der Waals surface area (Å²) in [7, 11) is 0. The number of hydrogen-bond donors (Lipinski definition) is 2. The van der Waals surface area contributed by atoms with E-state index in [1.165, 1.54) is 11.1 Å². The number of benzene rings is 3. The molecule has 1 aromatic heterocycles. The van der Waals surface area contributed by atoms with Crippen LogP contribution >= 0.6 is 0 Å². The molecule has 1 atom stereocenters. The number of hydrogen-bond acceptors (Lipinski definition) is 4. The molecule has 42 heavy (non-hydrogen) atoms. The van der Waals surface area contributed by atoms with E-state index in [4.69, 9.17) is 5.10 Å². The summed E-state index contributed by atoms with van der Waals surface area (Å²) in [6.45, 7) is 9.65. The lowest BCUT2D eigenvalue weighted by Gasteiger charge is -2.19. The first-order valence-electron chi connectivity index (χ1n) is 15.1. The van der Waals surface area contributed by atoms with Gasteiger partial charge in [-0.1, -0.05) is 93.6 Å². The van der Waals surface area contributed by atoms with Crippen LogP contribution in [-0.4, -0.2) is 31.4 Å². The van der Waals surface area contributed by atoms with Gasteiger partial charge in [-0.15, -0.1) is 0 Å². The van der Waals surface area contributed by atoms with Gasteiger partial charge < -0.3 is 10.4 Å². The molecule has 0 radical (unpaired) electrons. The minimum Gasteiger partial charge on any atom is -0.378 e. The van der Waals surface area contributed by atoms with Gasteiger partial charge >= 0.3 is 5.69 Å². The van der Waals surface area contributed by atoms with Crippen LogP contribution in [0, 0.1) is 0 Å². The molecular formula is C35H42N4O3. The first kappa shape index (κ1) is 29.5. The molecule has 0 bridgehead atoms. The number of rotatable bonds is 11. The lowest BCUT2D eigenvalue weighted by Crippen LogP contribution is -2.30. The molecule has 4 aromatic rings. The zero-order valence-corrected chi connectivity index (χ0v) is 25.1. The summed E-state index contributed by atoms with van der Waals surface area (Å²) in [6, 6.07) is 24.7. The Morgan fingerprint density at radius 2 is 1.52 bits per heavy atom. The predicted molar refractivity (Wildman–Crippen MR) is 166 cm³/mol. The second-order valence-corrected chi connectivity index (χ2v) is 12.4. The molecule has 7 nitrogen and oxygen atoms in total. The van der Waals surface area contributed by atoms with Crippen LogP contribution in [0.1, 0.15) is 81.1 Å². The van der Waals surface area contributed by atoms with Crippen molar-refractivity contribution in [2.45, 2.75) is 90.4 Å². The average Bonchev–Trinajstić information content (AvgIpc) is 3.75. The smallest absolute Gasteiger partial charge is 0.346 e. The van der Waals surface area contributed by atoms with E-state index in [9.17, 15) is 14.7 Å². The zero-order chi connectivity index (χ0) is 29.9. The van der Waals surface area contributed by atoms with Crippen LogP contribution in [0.3, 0.4) is 0 Å². The Bertz CT molecular complexity index is 1560. The maximum atomic E-state index is 13.0. The third-order valence-corrected chi connectivity index (χ3v) is 8.02. The first-order valence-corrected chi connectivity index (χ1v) is 15.1. The van der Waals surface area contributed by atoms with Crippen LogP contribution in [0.15, 0.2) is 77.6 Å². The fourth-order valence-corrected chi connectivity index (χ4v) is 5.21. The van der Waals surface area contributed by atoms with Crippen LogP contribution in [0.5, 0.6) is 0 Å². The number of aryl methyl sites for hydroxylation is 2. The molecule has 0 aliphatic heterocycles. The number of carbonyl (C=O) groups excluding carboxylic acids is 1. The molecule has 0 spiro atoms. The van der Waals surface area contributed by atoms with Gasteiger partial charge in [0.25, 0.3) is 5.91 Å². The molecule has 5 rings (SSSR count). The van der Waals surface area contributed by atoms with Gasteiger partial charge in [-0.25, -0.2) is 9.48 Å². The molecule has 220 valence electrons. The second kappa shape index (κ2) is 12.5. The third-order valence-electron chi connectivity index (χ3n) is 8.02. The molecule has 7 heteroatoms. The number of aliphatic hydroxyl groups excluding tert-OH is 1. The van der Waals surface area contributed by atoms with Crippen molar-refractivity contribution in [2.75, 3.05) is 0 Å². The van der Waals surface area contributed by atoms with E-state index in [-0.39, 0.29) is 23.1 Å². The van der Waals surface area contributed by atoms with E-state index in [0.717, 1.165) is 54.6 Å². The maximum Gasteiger partial charge on any atom is 0.346 e. The first-order chi connectivity index (χ1) is 20.1. The Hall–Kier alpha value is -3.97. The number of nitrogens with one attached hydrogen (secondary N) is 1. The molecule has 1 unspecified atom stereocenters. The second-order valence-electron chi connectivity index (χ2n) is 12.4. The Balaban J connectivity index is 1.16. The van der Waals surface area contributed by atoms with Crippen molar-refractivity contribution in [3.05, 3.63) is 111 Å². The van der Waals surface area contributed by atoms with E-state index in [2.05, 4.69) is 74.6 Å². The normalized spacial score (nSPS) is 14.1. The SMILES string of the molecule is CCn1c(CCCc2ccc(-c3ccc(C(O)C(=O)NC4CC4)cc3)cc2)nn(Cc2ccc(C(C)(C)C)cc2)c1=O. The quantitative estimate of drug-likeness (QED) is 0.249. The minimum atomic E-state index is -1.14. The van der Waals surface area contributed by atoms with Gasteiger partial charge in [0, 0.05) is 19.0 Å². The van der Waals surface area contributed by atoms with Gasteiger partial charge in [0.15, 0.2) is 6.10 Å². The summed E-state index contributed by atoms with van der Waals surface area (Å²) in [5.41, 5.74) is 6.32. The summed E-state index contributed by atoms with van der Waals surface area (Å²) >= 11 is 0. The molecule has 3 aromatic carbocycles. The highest BCUT2D eigenvalue weighted by atomic mass is 16.3. The van der Waals surface area contributed by atoms with Crippen LogP contribution < -0.4 is 11.0 Å². The van der Waals surface area contributed by atoms with Crippen LogP contribution in [0.4, 0.5) is 0 Å². The number of aliphatic hydroxyl groups is 1. The van der Waals surface area contributed by atoms with Gasteiger partial charge in [-0.3, -0.25) is 9.36 Å². The molecule has 2 N–H and O–H groups in total. The summed E-state index contributed by atoms with van der Waals surface area (Å²) in [5, 5.41) is 17.9. The third kappa shape index (κ3) is 7.08. The van der Waals surface area contributed by atoms with Gasteiger partial charge in [0.1, 0.15) is 5.82 Å². The number of aromatic nitrogens is 3. The van der Waals surface area contributed by atoms with Crippen LogP contribution in [0.2, 0.25) is 0 Å². The minimum absolute atomic E-state index is 0.0566. The van der Waals surface area contributed by atoms with E-state index in [1.807, 2.05) is 31.2 Å². The van der Waals surface area contributed by atoms with Crippen molar-refractivity contribution in [2.24, 2.45) is 0 Å². The molecule has 1 heterocycles. The summed E-state index contributed by atoms with van der Waals surface area (Å²) in [5.74, 6) is 0.502. The van der Waals surface area contributed by atoms with Crippen LogP contribution in [0.25, 0.3) is 11.1 Å². The molecule has 1 aliphatic rings. The highest BCUT2D eigenvalue weighted by Crippen LogP contribution is 2.25. The summed E-state index contributed by atoms with van der Waals surface area (Å²) in [4.78, 5) is 25.2. The Labute approximate surface area is 248 Å². The highest BCUT2D eigenvalue weighted by molar-refractivity contribution is 5.82. The van der Waals surface area contributed by atoms with Crippen molar-refractivity contribution in [1.29, 1.82) is 0 Å². The number of nitrogens with zero attached hydrogens (tertiary/aromatic N) is 3. The van der Waals surface area contributed by atoms with E-state index < -0.39 is 6.10 Å². The summed E-state index contributed by atoms with van der Waals surface area (Å²) < 4.78 is 3.37. The number of carbonyl (C=O) groups is 1. The van der Waals surface area contributed by atoms with Crippen molar-refractivity contribution >= 4 is 5.91 Å². The van der Waals surface area contributed by atoms with E-state index in [1.54, 1.807) is 9.25 Å². The molecule has 1 amide bonds. The predicted octanol–water partition coefficient (Wildman–Crippen LogP) is 5.56. The fraction of sp³-hybridized carbons (Fsp3) is 0.400. The average molecular weight is 567 g/mol. The summed E-state index contributed by atoms with van der Waals surface area (Å²) in [6.07, 6.45) is 3.36. The van der Waals surface area contributed by atoms with E-state index >= 15 is 0 Å². The molecule has 0 saturated heterocycles. The van der Waals surface area contributed by atoms with Gasteiger partial charge in [0.05, 0.1) is 6.54 Å². The molecular weight excluding hydrogens is 524 g/mol. The van der Waals surface area contributed by atoms with Gasteiger partial charge in [-0.05, 0) is 71.4 Å². The van der Waals surface area contributed by atoms with Gasteiger partial charge in [0.2, 0.25) is 0 Å². The fourth-order valence-electron chi connectivity index (χ4n) is 5.21. The monoisotopic (exact) mass is 566 g/mol. The Morgan fingerprint density at radius 3 is 2.10 bits per heavy atom. The largest absolute Gasteiger partial charge is 0.378 e. The van der Waals surface area contributed by atoms with Crippen molar-refractivity contribution in [3.8, 4) is 11.1 Å². The zero-order valence-electron chi connectivity index (χ0n) is 25.1. The van der Waals surface area contributed by atoms with Gasteiger partial charge in [-0.2, -0.15) is 5.10 Å². The van der Waals surface area contributed by atoms with Crippen molar-refractivity contribution in [1.82, 2.24) is 19.7 Å².